The van der Waals surface area contributed by atoms with Crippen molar-refractivity contribution in [1.29, 1.82) is 0 Å². The van der Waals surface area contributed by atoms with Gasteiger partial charge in [0.2, 0.25) is 0 Å². The lowest BCUT2D eigenvalue weighted by Gasteiger charge is -2.10. The molecule has 8 nitrogen and oxygen atoms in total. The average Bonchev–Trinajstić information content (AvgIpc) is 3.23. The third kappa shape index (κ3) is 5.88. The highest BCUT2D eigenvalue weighted by molar-refractivity contribution is 5.79. The fourth-order valence-electron chi connectivity index (χ4n) is 2.92. The van der Waals surface area contributed by atoms with E-state index in [4.69, 9.17) is 14.6 Å². The van der Waals surface area contributed by atoms with Gasteiger partial charge in [0.1, 0.15) is 11.6 Å². The molecular weight excluding hydrogens is 453 g/mol. The maximum atomic E-state index is 12.2. The third-order valence-corrected chi connectivity index (χ3v) is 4.50. The lowest BCUT2D eigenvalue weighted by Crippen LogP contribution is -2.21. The Labute approximate surface area is 191 Å². The molecule has 0 radical (unpaired) electrons. The van der Waals surface area contributed by atoms with Gasteiger partial charge in [0.05, 0.1) is 35.7 Å². The van der Waals surface area contributed by atoms with Crippen molar-refractivity contribution < 1.29 is 27.8 Å². The molecule has 0 bridgehead atoms. The van der Waals surface area contributed by atoms with Crippen molar-refractivity contribution in [1.82, 2.24) is 19.5 Å². The van der Waals surface area contributed by atoms with Gasteiger partial charge in [-0.25, -0.2) is 14.8 Å². The molecule has 0 atom stereocenters. The highest BCUT2D eigenvalue weighted by Crippen LogP contribution is 2.25. The van der Waals surface area contributed by atoms with Crippen LogP contribution < -0.4 is 10.3 Å². The van der Waals surface area contributed by atoms with Crippen molar-refractivity contribution in [2.24, 2.45) is 0 Å². The summed E-state index contributed by atoms with van der Waals surface area (Å²) >= 11 is 0. The first-order chi connectivity index (χ1) is 16.1. The van der Waals surface area contributed by atoms with Crippen LogP contribution in [0.15, 0.2) is 59.8 Å². The smallest absolute Gasteiger partial charge is 0.490 e. The van der Waals surface area contributed by atoms with Crippen LogP contribution in [0.2, 0.25) is 0 Å². The summed E-state index contributed by atoms with van der Waals surface area (Å²) in [5, 5.41) is 7.70. The number of hydrogen-bond acceptors (Lipinski definition) is 5. The highest BCUT2D eigenvalue weighted by Gasteiger charge is 2.38. The minimum absolute atomic E-state index is 0.149. The van der Waals surface area contributed by atoms with Crippen LogP contribution in [-0.4, -0.2) is 43.9 Å². The molecule has 0 aliphatic rings. The number of alkyl halides is 3. The Morgan fingerprint density at radius 1 is 1.18 bits per heavy atom. The van der Waals surface area contributed by atoms with Crippen molar-refractivity contribution in [2.75, 3.05) is 7.11 Å². The molecule has 0 unspecified atom stereocenters. The van der Waals surface area contributed by atoms with Crippen LogP contribution in [0.3, 0.4) is 0 Å². The standard InChI is InChI=1S/C21H18N4O2.C2HF3O2/c1-14-12-25(13-22-14)18-9-7-15(11-19(18)27-2)8-10-20-23-17-6-4-3-5-16(17)21(26)24-20;3-2(4,5)1(6)7/h3-13H,1-2H3,(H,23,24,26);(H,6,7). The van der Waals surface area contributed by atoms with Crippen LogP contribution in [0.25, 0.3) is 28.7 Å². The van der Waals surface area contributed by atoms with Crippen LogP contribution >= 0.6 is 0 Å². The fraction of sp³-hybridized carbons (Fsp3) is 0.130. The number of halogens is 3. The lowest BCUT2D eigenvalue weighted by atomic mass is 10.1. The first-order valence-electron chi connectivity index (χ1n) is 9.74. The molecule has 0 aliphatic heterocycles. The zero-order valence-electron chi connectivity index (χ0n) is 18.0. The van der Waals surface area contributed by atoms with Gasteiger partial charge >= 0.3 is 12.1 Å². The molecule has 2 aromatic heterocycles. The second-order valence-corrected chi connectivity index (χ2v) is 6.96. The number of ether oxygens (including phenoxy) is 1. The predicted octanol–water partition coefficient (Wildman–Crippen LogP) is 4.23. The number of aromatic nitrogens is 4. The molecule has 0 spiro atoms. The minimum atomic E-state index is -5.08. The van der Waals surface area contributed by atoms with E-state index in [0.29, 0.717) is 16.7 Å². The molecular formula is C23H19F3N4O4. The highest BCUT2D eigenvalue weighted by atomic mass is 19.4. The summed E-state index contributed by atoms with van der Waals surface area (Å²) in [5.74, 6) is -1.52. The summed E-state index contributed by atoms with van der Waals surface area (Å²) in [7, 11) is 1.64. The van der Waals surface area contributed by atoms with Gasteiger partial charge in [0.25, 0.3) is 5.56 Å². The van der Waals surface area contributed by atoms with Crippen molar-refractivity contribution in [2.45, 2.75) is 13.1 Å². The number of fused-ring (bicyclic) bond motifs is 1. The number of hydrogen-bond donors (Lipinski definition) is 2. The second-order valence-electron chi connectivity index (χ2n) is 6.96. The van der Waals surface area contributed by atoms with Crippen LogP contribution in [0.1, 0.15) is 17.1 Å². The van der Waals surface area contributed by atoms with Gasteiger partial charge in [-0.1, -0.05) is 24.3 Å². The van der Waals surface area contributed by atoms with E-state index in [9.17, 15) is 18.0 Å². The molecule has 2 heterocycles. The molecule has 4 rings (SSSR count). The summed E-state index contributed by atoms with van der Waals surface area (Å²) in [5.41, 5.74) is 3.30. The number of H-pyrrole nitrogens is 1. The number of benzene rings is 2. The summed E-state index contributed by atoms with van der Waals surface area (Å²) in [6, 6.07) is 13.1. The lowest BCUT2D eigenvalue weighted by molar-refractivity contribution is -0.192. The zero-order chi connectivity index (χ0) is 24.9. The molecule has 0 fully saturated rings. The average molecular weight is 472 g/mol. The van der Waals surface area contributed by atoms with Crippen molar-refractivity contribution >= 4 is 29.0 Å². The number of carboxylic acid groups (broad SMARTS) is 1. The molecule has 34 heavy (non-hydrogen) atoms. The Morgan fingerprint density at radius 2 is 1.88 bits per heavy atom. The van der Waals surface area contributed by atoms with E-state index >= 15 is 0 Å². The molecule has 2 N–H and O–H groups in total. The van der Waals surface area contributed by atoms with E-state index in [1.807, 2.05) is 60.2 Å². The number of aliphatic carboxylic acids is 1. The monoisotopic (exact) mass is 472 g/mol. The van der Waals surface area contributed by atoms with E-state index in [-0.39, 0.29) is 5.56 Å². The first kappa shape index (κ1) is 24.2. The first-order valence-corrected chi connectivity index (χ1v) is 9.74. The Morgan fingerprint density at radius 3 is 2.50 bits per heavy atom. The molecule has 0 saturated carbocycles. The summed E-state index contributed by atoms with van der Waals surface area (Å²) in [6.45, 7) is 1.94. The number of imidazole rings is 1. The maximum Gasteiger partial charge on any atom is 0.490 e. The van der Waals surface area contributed by atoms with Crippen molar-refractivity contribution in [3.8, 4) is 11.4 Å². The van der Waals surface area contributed by atoms with Crippen LogP contribution in [0.4, 0.5) is 13.2 Å². The second kappa shape index (κ2) is 10.0. The van der Waals surface area contributed by atoms with Gasteiger partial charge in [-0.2, -0.15) is 13.2 Å². The van der Waals surface area contributed by atoms with Gasteiger partial charge in [0, 0.05) is 6.20 Å². The van der Waals surface area contributed by atoms with Crippen LogP contribution in [-0.2, 0) is 4.79 Å². The summed E-state index contributed by atoms with van der Waals surface area (Å²) in [4.78, 5) is 32.6. The van der Waals surface area contributed by atoms with Gasteiger partial charge in [0.15, 0.2) is 0 Å². The van der Waals surface area contributed by atoms with Crippen molar-refractivity contribution in [3.63, 3.8) is 0 Å². The number of para-hydroxylation sites is 1. The van der Waals surface area contributed by atoms with E-state index in [1.54, 1.807) is 25.6 Å². The number of carboxylic acids is 1. The number of nitrogens with one attached hydrogen (secondary N) is 1. The van der Waals surface area contributed by atoms with E-state index < -0.39 is 12.1 Å². The molecule has 4 aromatic rings. The van der Waals surface area contributed by atoms with E-state index in [2.05, 4.69) is 15.0 Å². The van der Waals surface area contributed by atoms with Crippen LogP contribution in [0, 0.1) is 6.92 Å². The molecule has 11 heteroatoms. The number of nitrogens with zero attached hydrogens (tertiary/aromatic N) is 3. The van der Waals surface area contributed by atoms with Gasteiger partial charge in [-0.15, -0.1) is 0 Å². The normalized spacial score (nSPS) is 11.3. The maximum absolute atomic E-state index is 12.2. The fourth-order valence-corrected chi connectivity index (χ4v) is 2.92. The number of aromatic amines is 1. The number of aryl methyl sites for hydroxylation is 1. The van der Waals surface area contributed by atoms with Crippen molar-refractivity contribution in [3.05, 3.63) is 82.4 Å². The van der Waals surface area contributed by atoms with E-state index in [1.165, 1.54) is 0 Å². The summed E-state index contributed by atoms with van der Waals surface area (Å²) < 4.78 is 39.2. The third-order valence-electron chi connectivity index (χ3n) is 4.50. The topological polar surface area (TPSA) is 110 Å². The largest absolute Gasteiger partial charge is 0.495 e. The number of carbonyl (C=O) groups is 1. The zero-order valence-corrected chi connectivity index (χ0v) is 18.0. The van der Waals surface area contributed by atoms with Gasteiger partial charge in [-0.05, 0) is 42.8 Å². The molecule has 0 amide bonds. The quantitative estimate of drug-likeness (QED) is 0.460. The molecule has 176 valence electrons. The van der Waals surface area contributed by atoms with Gasteiger partial charge < -0.3 is 19.4 Å². The Kier molecular flexibility index (Phi) is 7.15. The Balaban J connectivity index is 0.000000406. The molecule has 0 aliphatic carbocycles. The number of rotatable bonds is 4. The molecule has 2 aromatic carbocycles. The SMILES string of the molecule is COc1cc(C=Cc2nc3ccccc3c(=O)[nH]2)ccc1-n1cnc(C)c1.O=C(O)C(F)(F)F. The van der Waals surface area contributed by atoms with E-state index in [0.717, 1.165) is 22.7 Å². The summed E-state index contributed by atoms with van der Waals surface area (Å²) in [6.07, 6.45) is 2.28. The molecule has 0 saturated heterocycles. The van der Waals surface area contributed by atoms with Crippen LogP contribution in [0.5, 0.6) is 5.75 Å². The Hall–Kier alpha value is -4.41. The predicted molar refractivity (Wildman–Crippen MR) is 120 cm³/mol. The Bertz CT molecular complexity index is 1410. The minimum Gasteiger partial charge on any atom is -0.495 e. The number of methoxy groups -OCH3 is 1. The van der Waals surface area contributed by atoms with Gasteiger partial charge in [-0.3, -0.25) is 4.79 Å².